The summed E-state index contributed by atoms with van der Waals surface area (Å²) in [5.74, 6) is 0.256. The van der Waals surface area contributed by atoms with E-state index in [0.29, 0.717) is 24.5 Å². The fraction of sp³-hybridized carbons (Fsp3) is 0.350. The molecule has 0 unspecified atom stereocenters. The van der Waals surface area contributed by atoms with Crippen LogP contribution >= 0.6 is 11.3 Å². The van der Waals surface area contributed by atoms with E-state index < -0.39 is 17.5 Å². The zero-order chi connectivity index (χ0) is 20.4. The number of hydrogen-bond acceptors (Lipinski definition) is 7. The second-order valence-electron chi connectivity index (χ2n) is 6.92. The van der Waals surface area contributed by atoms with E-state index in [1.54, 1.807) is 55.9 Å². The number of benzene rings is 1. The SMILES string of the molecule is COc1ccc([C@]2(C)NC(=O)N(/N=C\c3ccc(N4CCOCC4)s3)C2=O)cc1. The number of nitrogens with one attached hydrogen (secondary N) is 1. The number of rotatable bonds is 5. The Labute approximate surface area is 172 Å². The molecule has 9 heteroatoms. The van der Waals surface area contributed by atoms with Crippen molar-refractivity contribution in [1.82, 2.24) is 10.3 Å². The normalized spacial score (nSPS) is 22.4. The Balaban J connectivity index is 1.49. The zero-order valence-corrected chi connectivity index (χ0v) is 17.1. The van der Waals surface area contributed by atoms with Gasteiger partial charge in [0.1, 0.15) is 11.3 Å². The number of morpholine rings is 1. The lowest BCUT2D eigenvalue weighted by Crippen LogP contribution is -2.40. The van der Waals surface area contributed by atoms with Gasteiger partial charge in [0.05, 0.1) is 31.5 Å². The minimum Gasteiger partial charge on any atom is -0.497 e. The predicted molar refractivity (Wildman–Crippen MR) is 111 cm³/mol. The first-order valence-electron chi connectivity index (χ1n) is 9.29. The summed E-state index contributed by atoms with van der Waals surface area (Å²) in [5.41, 5.74) is -0.505. The molecule has 29 heavy (non-hydrogen) atoms. The van der Waals surface area contributed by atoms with Crippen LogP contribution in [0.3, 0.4) is 0 Å². The molecule has 4 rings (SSSR count). The monoisotopic (exact) mass is 414 g/mol. The lowest BCUT2D eigenvalue weighted by molar-refractivity contribution is -0.131. The summed E-state index contributed by atoms with van der Waals surface area (Å²) in [6.07, 6.45) is 1.55. The first-order valence-corrected chi connectivity index (χ1v) is 10.1. The van der Waals surface area contributed by atoms with E-state index in [9.17, 15) is 9.59 Å². The van der Waals surface area contributed by atoms with Crippen molar-refractivity contribution in [3.05, 3.63) is 46.8 Å². The molecule has 152 valence electrons. The number of carbonyl (C=O) groups excluding carboxylic acids is 2. The van der Waals surface area contributed by atoms with Gasteiger partial charge in [0.2, 0.25) is 0 Å². The third kappa shape index (κ3) is 3.70. The number of hydrogen-bond donors (Lipinski definition) is 1. The lowest BCUT2D eigenvalue weighted by atomic mass is 9.92. The predicted octanol–water partition coefficient (Wildman–Crippen LogP) is 2.39. The summed E-state index contributed by atoms with van der Waals surface area (Å²) in [6, 6.07) is 10.4. The van der Waals surface area contributed by atoms with Crippen LogP contribution in [0.4, 0.5) is 9.80 Å². The van der Waals surface area contributed by atoms with Crippen LogP contribution in [0, 0.1) is 0 Å². The van der Waals surface area contributed by atoms with E-state index in [0.717, 1.165) is 28.0 Å². The first-order chi connectivity index (χ1) is 14.0. The molecular formula is C20H22N4O4S. The molecular weight excluding hydrogens is 392 g/mol. The fourth-order valence-corrected chi connectivity index (χ4v) is 4.25. The van der Waals surface area contributed by atoms with Crippen LogP contribution in [0.5, 0.6) is 5.75 Å². The van der Waals surface area contributed by atoms with Gasteiger partial charge < -0.3 is 19.7 Å². The molecule has 0 bridgehead atoms. The van der Waals surface area contributed by atoms with Crippen LogP contribution in [-0.4, -0.2) is 56.6 Å². The lowest BCUT2D eigenvalue weighted by Gasteiger charge is -2.27. The summed E-state index contributed by atoms with van der Waals surface area (Å²) in [7, 11) is 1.57. The van der Waals surface area contributed by atoms with Gasteiger partial charge >= 0.3 is 6.03 Å². The van der Waals surface area contributed by atoms with Crippen LogP contribution in [0.15, 0.2) is 41.5 Å². The van der Waals surface area contributed by atoms with Crippen LogP contribution in [0.2, 0.25) is 0 Å². The van der Waals surface area contributed by atoms with Crippen molar-refractivity contribution in [3.63, 3.8) is 0 Å². The van der Waals surface area contributed by atoms with Gasteiger partial charge in [-0.1, -0.05) is 12.1 Å². The van der Waals surface area contributed by atoms with Crippen LogP contribution < -0.4 is 15.0 Å². The molecule has 0 saturated carbocycles. The van der Waals surface area contributed by atoms with Crippen molar-refractivity contribution in [1.29, 1.82) is 0 Å². The van der Waals surface area contributed by atoms with Gasteiger partial charge in [0, 0.05) is 18.0 Å². The van der Waals surface area contributed by atoms with Crippen molar-refractivity contribution in [2.24, 2.45) is 5.10 Å². The Bertz CT molecular complexity index is 936. The molecule has 0 radical (unpaired) electrons. The van der Waals surface area contributed by atoms with Crippen LogP contribution in [-0.2, 0) is 15.1 Å². The highest BCUT2D eigenvalue weighted by atomic mass is 32.1. The topological polar surface area (TPSA) is 83.5 Å². The number of nitrogens with zero attached hydrogens (tertiary/aromatic N) is 3. The minimum absolute atomic E-state index is 0.422. The Kier molecular flexibility index (Phi) is 5.25. The van der Waals surface area contributed by atoms with Gasteiger partial charge in [-0.25, -0.2) is 4.79 Å². The second kappa shape index (κ2) is 7.84. The Morgan fingerprint density at radius 2 is 1.90 bits per heavy atom. The molecule has 2 aliphatic heterocycles. The number of hydrazone groups is 1. The number of ether oxygens (including phenoxy) is 2. The van der Waals surface area contributed by atoms with Gasteiger partial charge in [-0.3, -0.25) is 4.79 Å². The van der Waals surface area contributed by atoms with Crippen LogP contribution in [0.25, 0.3) is 0 Å². The van der Waals surface area contributed by atoms with Gasteiger partial charge in [0.15, 0.2) is 0 Å². The molecule has 1 aromatic carbocycles. The van der Waals surface area contributed by atoms with E-state index in [2.05, 4.69) is 15.3 Å². The molecule has 0 aliphatic carbocycles. The first kappa shape index (κ1) is 19.4. The number of anilines is 1. The molecule has 2 aliphatic rings. The highest BCUT2D eigenvalue weighted by molar-refractivity contribution is 7.17. The maximum Gasteiger partial charge on any atom is 0.346 e. The highest BCUT2D eigenvalue weighted by Gasteiger charge is 2.49. The second-order valence-corrected chi connectivity index (χ2v) is 8.01. The molecule has 3 heterocycles. The van der Waals surface area contributed by atoms with E-state index in [1.807, 2.05) is 12.1 Å². The molecule has 1 N–H and O–H groups in total. The molecule has 1 atom stereocenters. The Morgan fingerprint density at radius 3 is 2.59 bits per heavy atom. The summed E-state index contributed by atoms with van der Waals surface area (Å²) in [5, 5.41) is 8.91. The molecule has 8 nitrogen and oxygen atoms in total. The van der Waals surface area contributed by atoms with E-state index >= 15 is 0 Å². The largest absolute Gasteiger partial charge is 0.497 e. The van der Waals surface area contributed by atoms with Crippen molar-refractivity contribution >= 4 is 34.5 Å². The number of methoxy groups -OCH3 is 1. The molecule has 2 fully saturated rings. The zero-order valence-electron chi connectivity index (χ0n) is 16.3. The van der Waals surface area contributed by atoms with Gasteiger partial charge in [-0.15, -0.1) is 16.3 Å². The van der Waals surface area contributed by atoms with Crippen molar-refractivity contribution in [3.8, 4) is 5.75 Å². The maximum absolute atomic E-state index is 12.9. The quantitative estimate of drug-likeness (QED) is 0.600. The van der Waals surface area contributed by atoms with E-state index in [4.69, 9.17) is 9.47 Å². The number of urea groups is 1. The number of amides is 3. The van der Waals surface area contributed by atoms with Gasteiger partial charge in [-0.05, 0) is 36.8 Å². The maximum atomic E-state index is 12.9. The number of carbonyl (C=O) groups is 2. The van der Waals surface area contributed by atoms with Crippen molar-refractivity contribution in [2.75, 3.05) is 38.3 Å². The standard InChI is InChI=1S/C20H22N4O4S/c1-20(14-3-5-15(27-2)6-4-14)18(25)24(19(26)22-20)21-13-16-7-8-17(29-16)23-9-11-28-12-10-23/h3-8,13H,9-12H2,1-2H3,(H,22,26)/b21-13-/t20-/m0/s1. The summed E-state index contributed by atoms with van der Waals surface area (Å²) < 4.78 is 10.5. The smallest absolute Gasteiger partial charge is 0.346 e. The summed E-state index contributed by atoms with van der Waals surface area (Å²) in [6.45, 7) is 4.81. The number of imide groups is 1. The fourth-order valence-electron chi connectivity index (χ4n) is 3.33. The number of thiophene rings is 1. The average molecular weight is 414 g/mol. The Morgan fingerprint density at radius 1 is 1.17 bits per heavy atom. The van der Waals surface area contributed by atoms with Gasteiger partial charge in [-0.2, -0.15) is 5.10 Å². The molecule has 0 spiro atoms. The summed E-state index contributed by atoms with van der Waals surface area (Å²) >= 11 is 1.56. The Hall–Kier alpha value is -2.91. The highest BCUT2D eigenvalue weighted by Crippen LogP contribution is 2.31. The van der Waals surface area contributed by atoms with Crippen molar-refractivity contribution in [2.45, 2.75) is 12.5 Å². The average Bonchev–Trinajstić information content (AvgIpc) is 3.31. The van der Waals surface area contributed by atoms with Gasteiger partial charge in [0.25, 0.3) is 5.91 Å². The summed E-state index contributed by atoms with van der Waals surface area (Å²) in [4.78, 5) is 28.5. The van der Waals surface area contributed by atoms with Crippen molar-refractivity contribution < 1.29 is 19.1 Å². The third-order valence-electron chi connectivity index (χ3n) is 5.07. The molecule has 2 saturated heterocycles. The van der Waals surface area contributed by atoms with E-state index in [1.165, 1.54) is 0 Å². The third-order valence-corrected chi connectivity index (χ3v) is 6.15. The molecule has 2 aromatic rings. The minimum atomic E-state index is -1.17. The van der Waals surface area contributed by atoms with E-state index in [-0.39, 0.29) is 0 Å². The van der Waals surface area contributed by atoms with Crippen LogP contribution in [0.1, 0.15) is 17.4 Å². The molecule has 1 aromatic heterocycles. The molecule has 3 amide bonds.